The van der Waals surface area contributed by atoms with Gasteiger partial charge in [-0.2, -0.15) is 0 Å². The third-order valence-corrected chi connectivity index (χ3v) is 9.05. The van der Waals surface area contributed by atoms with Crippen LogP contribution in [-0.2, 0) is 32.7 Å². The zero-order valence-electron chi connectivity index (χ0n) is 33.0. The molecule has 10 heteroatoms. The molecule has 0 rings (SSSR count). The number of likely N-dealkylation sites (N-methyl/N-ethyl adjacent to an activating group) is 1. The van der Waals surface area contributed by atoms with Gasteiger partial charge in [0.15, 0.2) is 6.10 Å². The summed E-state index contributed by atoms with van der Waals surface area (Å²) in [5.74, 6) is -0.870. The van der Waals surface area contributed by atoms with Crippen molar-refractivity contribution in [2.24, 2.45) is 0 Å². The number of esters is 2. The number of phosphoric ester groups is 1. The van der Waals surface area contributed by atoms with Gasteiger partial charge in [0.25, 0.3) is 7.82 Å². The SMILES string of the molecule is CC/C=C/C/C=C/C/C=C/CCCCCCCC(=O)OC[C@H](COP(=O)([O-])OCC[N+](C)(C)C)OC(=O)CCCCCCC/C=C/CCCCC. The molecule has 0 amide bonds. The van der Waals surface area contributed by atoms with E-state index in [1.54, 1.807) is 0 Å². The number of carbonyl (C=O) groups is 2. The maximum absolute atomic E-state index is 12.6. The Bertz CT molecular complexity index is 1020. The summed E-state index contributed by atoms with van der Waals surface area (Å²) in [4.78, 5) is 37.4. The fourth-order valence-corrected chi connectivity index (χ4v) is 5.68. The molecule has 0 saturated heterocycles. The highest BCUT2D eigenvalue weighted by Gasteiger charge is 2.21. The number of ether oxygens (including phenoxy) is 2. The number of rotatable bonds is 35. The van der Waals surface area contributed by atoms with Crippen molar-refractivity contribution in [2.45, 2.75) is 155 Å². The Morgan fingerprint density at radius 3 is 1.69 bits per heavy atom. The maximum atomic E-state index is 12.6. The minimum atomic E-state index is -4.63. The average Bonchev–Trinajstić information content (AvgIpc) is 3.07. The minimum absolute atomic E-state index is 0.0370. The van der Waals surface area contributed by atoms with E-state index in [-0.39, 0.29) is 26.1 Å². The van der Waals surface area contributed by atoms with Gasteiger partial charge in [-0.25, -0.2) is 0 Å². The molecule has 0 aromatic heterocycles. The van der Waals surface area contributed by atoms with Crippen LogP contribution in [0.15, 0.2) is 48.6 Å². The zero-order chi connectivity index (χ0) is 37.9. The first kappa shape index (κ1) is 49.0. The summed E-state index contributed by atoms with van der Waals surface area (Å²) in [6, 6.07) is 0. The molecule has 0 saturated carbocycles. The van der Waals surface area contributed by atoms with E-state index in [2.05, 4.69) is 62.5 Å². The van der Waals surface area contributed by atoms with Crippen molar-refractivity contribution >= 4 is 19.8 Å². The third-order valence-electron chi connectivity index (χ3n) is 8.08. The molecule has 9 nitrogen and oxygen atoms in total. The molecule has 0 fully saturated rings. The monoisotopic (exact) mass is 740 g/mol. The lowest BCUT2D eigenvalue weighted by atomic mass is 10.1. The highest BCUT2D eigenvalue weighted by molar-refractivity contribution is 7.45. The Kier molecular flexibility index (Phi) is 32.4. The molecule has 0 bridgehead atoms. The topological polar surface area (TPSA) is 111 Å². The first-order valence-corrected chi connectivity index (χ1v) is 21.3. The van der Waals surface area contributed by atoms with Crippen LogP contribution in [0, 0.1) is 0 Å². The van der Waals surface area contributed by atoms with Crippen LogP contribution >= 0.6 is 7.82 Å². The molecular formula is C41H74NO8P. The van der Waals surface area contributed by atoms with E-state index < -0.39 is 32.5 Å². The van der Waals surface area contributed by atoms with Gasteiger partial charge >= 0.3 is 11.9 Å². The summed E-state index contributed by atoms with van der Waals surface area (Å²) in [6.45, 7) is 4.03. The number of hydrogen-bond donors (Lipinski definition) is 0. The number of carbonyl (C=O) groups excluding carboxylic acids is 2. The van der Waals surface area contributed by atoms with Crippen molar-refractivity contribution in [2.75, 3.05) is 47.5 Å². The van der Waals surface area contributed by atoms with Gasteiger partial charge in [-0.1, -0.05) is 114 Å². The van der Waals surface area contributed by atoms with Crippen molar-refractivity contribution in [3.05, 3.63) is 48.6 Å². The smallest absolute Gasteiger partial charge is 0.306 e. The van der Waals surface area contributed by atoms with Gasteiger partial charge in [0, 0.05) is 12.8 Å². The summed E-state index contributed by atoms with van der Waals surface area (Å²) in [5, 5.41) is 0. The highest BCUT2D eigenvalue weighted by atomic mass is 31.2. The molecule has 51 heavy (non-hydrogen) atoms. The second-order valence-corrected chi connectivity index (χ2v) is 15.7. The second kappa shape index (κ2) is 33.8. The van der Waals surface area contributed by atoms with Crippen molar-refractivity contribution in [3.63, 3.8) is 0 Å². The van der Waals surface area contributed by atoms with Crippen LogP contribution in [0.5, 0.6) is 0 Å². The lowest BCUT2D eigenvalue weighted by Gasteiger charge is -2.28. The standard InChI is InChI=1S/C41H74NO8P/c1-6-8-10-12-14-16-18-20-21-22-24-25-27-29-31-33-40(43)47-37-39(38-49-51(45,46)48-36-35-42(3,4)5)50-41(44)34-32-30-28-26-23-19-17-15-13-11-9-7-2/h8,10,14-17,20-21,39H,6-7,9,11-13,18-19,22-38H2,1-5H3/b10-8+,16-14+,17-15+,21-20+/t39-/m1/s1. The Hall–Kier alpha value is -2.03. The number of nitrogens with zero attached hydrogens (tertiary/aromatic N) is 1. The molecule has 0 heterocycles. The van der Waals surface area contributed by atoms with Crippen molar-refractivity contribution in [3.8, 4) is 0 Å². The molecule has 1 unspecified atom stereocenters. The van der Waals surface area contributed by atoms with Crippen LogP contribution in [0.25, 0.3) is 0 Å². The predicted octanol–water partition coefficient (Wildman–Crippen LogP) is 10.1. The molecule has 0 aliphatic heterocycles. The normalized spacial score (nSPS) is 14.2. The van der Waals surface area contributed by atoms with Gasteiger partial charge in [-0.05, 0) is 70.6 Å². The number of quaternary nitrogens is 1. The van der Waals surface area contributed by atoms with E-state index >= 15 is 0 Å². The zero-order valence-corrected chi connectivity index (χ0v) is 33.9. The van der Waals surface area contributed by atoms with E-state index in [1.807, 2.05) is 21.1 Å². The van der Waals surface area contributed by atoms with Gasteiger partial charge in [0.1, 0.15) is 19.8 Å². The Labute approximate surface area is 312 Å². The van der Waals surface area contributed by atoms with E-state index in [9.17, 15) is 19.0 Å². The largest absolute Gasteiger partial charge is 0.756 e. The summed E-state index contributed by atoms with van der Waals surface area (Å²) < 4.78 is 33.7. The van der Waals surface area contributed by atoms with Crippen LogP contribution in [0.2, 0.25) is 0 Å². The lowest BCUT2D eigenvalue weighted by molar-refractivity contribution is -0.870. The molecule has 0 radical (unpaired) electrons. The van der Waals surface area contributed by atoms with Crippen molar-refractivity contribution < 1.29 is 42.1 Å². The fourth-order valence-electron chi connectivity index (χ4n) is 4.96. The van der Waals surface area contributed by atoms with Crippen LogP contribution < -0.4 is 4.89 Å². The first-order chi connectivity index (χ1) is 24.5. The summed E-state index contributed by atoms with van der Waals surface area (Å²) >= 11 is 0. The number of phosphoric acid groups is 1. The number of hydrogen-bond acceptors (Lipinski definition) is 8. The van der Waals surface area contributed by atoms with E-state index in [4.69, 9.17) is 18.5 Å². The number of unbranched alkanes of at least 4 members (excludes halogenated alkanes) is 13. The molecule has 0 aliphatic carbocycles. The molecule has 296 valence electrons. The Balaban J connectivity index is 4.46. The molecule has 2 atom stereocenters. The summed E-state index contributed by atoms with van der Waals surface area (Å²) in [7, 11) is 1.14. The third kappa shape index (κ3) is 37.5. The predicted molar refractivity (Wildman–Crippen MR) is 208 cm³/mol. The number of allylic oxidation sites excluding steroid dienone is 8. The second-order valence-electron chi connectivity index (χ2n) is 14.3. The van der Waals surface area contributed by atoms with Gasteiger partial charge in [-0.15, -0.1) is 0 Å². The quantitative estimate of drug-likeness (QED) is 0.0208. The van der Waals surface area contributed by atoms with Crippen LogP contribution in [-0.4, -0.2) is 70.0 Å². The van der Waals surface area contributed by atoms with E-state index in [1.165, 1.54) is 19.3 Å². The highest BCUT2D eigenvalue weighted by Crippen LogP contribution is 2.38. The van der Waals surface area contributed by atoms with E-state index in [0.717, 1.165) is 89.9 Å². The molecule has 0 N–H and O–H groups in total. The first-order valence-electron chi connectivity index (χ1n) is 19.8. The summed E-state index contributed by atoms with van der Waals surface area (Å²) in [5.41, 5.74) is 0. The van der Waals surface area contributed by atoms with Crippen LogP contribution in [0.4, 0.5) is 0 Å². The molecule has 0 spiro atoms. The Morgan fingerprint density at radius 1 is 0.627 bits per heavy atom. The average molecular weight is 740 g/mol. The van der Waals surface area contributed by atoms with Crippen molar-refractivity contribution in [1.82, 2.24) is 0 Å². The lowest BCUT2D eigenvalue weighted by Crippen LogP contribution is -2.37. The minimum Gasteiger partial charge on any atom is -0.756 e. The van der Waals surface area contributed by atoms with Crippen molar-refractivity contribution in [1.29, 1.82) is 0 Å². The van der Waals surface area contributed by atoms with Gasteiger partial charge in [-0.3, -0.25) is 14.2 Å². The van der Waals surface area contributed by atoms with E-state index in [0.29, 0.717) is 23.9 Å². The maximum Gasteiger partial charge on any atom is 0.306 e. The molecule has 0 aromatic carbocycles. The molecule has 0 aromatic rings. The fraction of sp³-hybridized carbons (Fsp3) is 0.756. The van der Waals surface area contributed by atoms with Crippen LogP contribution in [0.1, 0.15) is 149 Å². The van der Waals surface area contributed by atoms with Crippen LogP contribution in [0.3, 0.4) is 0 Å². The van der Waals surface area contributed by atoms with Gasteiger partial charge in [0.2, 0.25) is 0 Å². The summed E-state index contributed by atoms with van der Waals surface area (Å²) in [6.07, 6.45) is 37.1. The Morgan fingerprint density at radius 2 is 1.12 bits per heavy atom. The molecular weight excluding hydrogens is 665 g/mol. The van der Waals surface area contributed by atoms with Gasteiger partial charge < -0.3 is 27.9 Å². The molecule has 0 aliphatic rings. The van der Waals surface area contributed by atoms with Gasteiger partial charge in [0.05, 0.1) is 27.7 Å².